The van der Waals surface area contributed by atoms with Gasteiger partial charge in [0.15, 0.2) is 0 Å². The molecule has 0 aliphatic rings. The molecule has 0 aliphatic heterocycles. The first-order valence-electron chi connectivity index (χ1n) is 5.80. The number of carbonyl (C=O) groups is 2. The van der Waals surface area contributed by atoms with Gasteiger partial charge in [0.05, 0.1) is 17.2 Å². The first kappa shape index (κ1) is 15.9. The molecule has 1 atom stereocenters. The maximum Gasteiger partial charge on any atom is 0.328 e. The maximum atomic E-state index is 12.0. The number of halogens is 1. The minimum Gasteiger partial charge on any atom is -0.464 e. The van der Waals surface area contributed by atoms with Gasteiger partial charge in [-0.1, -0.05) is 11.6 Å². The van der Waals surface area contributed by atoms with Gasteiger partial charge in [0.2, 0.25) is 0 Å². The minimum atomic E-state index is -0.707. The van der Waals surface area contributed by atoms with Crippen LogP contribution in [0.4, 0.5) is 0 Å². The number of nitrogens with one attached hydrogen (secondary N) is 1. The highest BCUT2D eigenvalue weighted by molar-refractivity contribution is 7.98. The first-order chi connectivity index (χ1) is 8.99. The van der Waals surface area contributed by atoms with Crippen molar-refractivity contribution in [1.29, 1.82) is 0 Å². The quantitative estimate of drug-likeness (QED) is 0.671. The Balaban J connectivity index is 2.80. The van der Waals surface area contributed by atoms with E-state index in [0.717, 1.165) is 4.90 Å². The summed E-state index contributed by atoms with van der Waals surface area (Å²) in [5.74, 6) is -0.852. The van der Waals surface area contributed by atoms with Gasteiger partial charge in [0, 0.05) is 4.90 Å². The number of esters is 1. The van der Waals surface area contributed by atoms with E-state index in [1.807, 2.05) is 12.3 Å². The molecule has 0 fully saturated rings. The van der Waals surface area contributed by atoms with Crippen molar-refractivity contribution in [2.24, 2.45) is 0 Å². The molecule has 0 aliphatic carbocycles. The lowest BCUT2D eigenvalue weighted by Gasteiger charge is -2.13. The fourth-order valence-electron chi connectivity index (χ4n) is 1.41. The third-order valence-electron chi connectivity index (χ3n) is 2.41. The van der Waals surface area contributed by atoms with E-state index in [2.05, 4.69) is 5.32 Å². The Hall–Kier alpha value is -1.20. The molecule has 4 nitrogen and oxygen atoms in total. The molecular formula is C13H16ClNO3S. The molecule has 0 radical (unpaired) electrons. The minimum absolute atomic E-state index is 0.280. The Bertz CT molecular complexity index is 479. The summed E-state index contributed by atoms with van der Waals surface area (Å²) < 4.78 is 4.82. The van der Waals surface area contributed by atoms with Crippen molar-refractivity contribution in [2.75, 3.05) is 12.9 Å². The van der Waals surface area contributed by atoms with E-state index >= 15 is 0 Å². The van der Waals surface area contributed by atoms with Crippen molar-refractivity contribution >= 4 is 35.2 Å². The van der Waals surface area contributed by atoms with Crippen LogP contribution < -0.4 is 5.32 Å². The van der Waals surface area contributed by atoms with Gasteiger partial charge in [0.1, 0.15) is 6.04 Å². The summed E-state index contributed by atoms with van der Waals surface area (Å²) >= 11 is 7.50. The van der Waals surface area contributed by atoms with Crippen molar-refractivity contribution in [1.82, 2.24) is 5.32 Å². The lowest BCUT2D eigenvalue weighted by Crippen LogP contribution is -2.39. The molecule has 1 rings (SSSR count). The monoisotopic (exact) mass is 301 g/mol. The molecule has 104 valence electrons. The molecule has 0 bridgehead atoms. The second kappa shape index (κ2) is 7.40. The van der Waals surface area contributed by atoms with Crippen molar-refractivity contribution in [3.63, 3.8) is 0 Å². The lowest BCUT2D eigenvalue weighted by molar-refractivity contribution is -0.144. The Labute approximate surface area is 121 Å². The van der Waals surface area contributed by atoms with Crippen molar-refractivity contribution in [3.8, 4) is 0 Å². The predicted octanol–water partition coefficient (Wildman–Crippen LogP) is 2.74. The fraction of sp³-hybridized carbons (Fsp3) is 0.385. The summed E-state index contributed by atoms with van der Waals surface area (Å²) in [6.07, 6.45) is 1.91. The van der Waals surface area contributed by atoms with Gasteiger partial charge >= 0.3 is 5.97 Å². The molecule has 1 aromatic rings. The van der Waals surface area contributed by atoms with Crippen LogP contribution in [0.1, 0.15) is 24.2 Å². The van der Waals surface area contributed by atoms with Gasteiger partial charge in [-0.25, -0.2) is 4.79 Å². The van der Waals surface area contributed by atoms with Gasteiger partial charge in [-0.2, -0.15) is 0 Å². The molecule has 0 aromatic heterocycles. The number of amides is 1. The zero-order valence-corrected chi connectivity index (χ0v) is 12.6. The topological polar surface area (TPSA) is 55.4 Å². The summed E-state index contributed by atoms with van der Waals surface area (Å²) in [5, 5.41) is 2.92. The third-order valence-corrected chi connectivity index (χ3v) is 3.46. The number of rotatable bonds is 5. The summed E-state index contributed by atoms with van der Waals surface area (Å²) in [5.41, 5.74) is 0.352. The molecular weight excluding hydrogens is 286 g/mol. The normalized spacial score (nSPS) is 11.8. The van der Waals surface area contributed by atoms with Crippen LogP contribution in [0.15, 0.2) is 23.1 Å². The first-order valence-corrected chi connectivity index (χ1v) is 7.40. The number of hydrogen-bond acceptors (Lipinski definition) is 4. The molecule has 1 unspecified atom stereocenters. The average molecular weight is 302 g/mol. The molecule has 6 heteroatoms. The zero-order chi connectivity index (χ0) is 14.4. The van der Waals surface area contributed by atoms with Gasteiger partial charge in [-0.15, -0.1) is 11.8 Å². The van der Waals surface area contributed by atoms with E-state index in [4.69, 9.17) is 16.3 Å². The van der Waals surface area contributed by atoms with Crippen LogP contribution in [-0.2, 0) is 9.53 Å². The Morgan fingerprint density at radius 1 is 1.47 bits per heavy atom. The summed E-state index contributed by atoms with van der Waals surface area (Å²) in [7, 11) is 0. The third kappa shape index (κ3) is 4.44. The highest BCUT2D eigenvalue weighted by Crippen LogP contribution is 2.23. The smallest absolute Gasteiger partial charge is 0.328 e. The molecule has 1 N–H and O–H groups in total. The van der Waals surface area contributed by atoms with Crippen LogP contribution in [0.5, 0.6) is 0 Å². The Morgan fingerprint density at radius 3 is 2.74 bits per heavy atom. The second-order valence-electron chi connectivity index (χ2n) is 3.79. The highest BCUT2D eigenvalue weighted by Gasteiger charge is 2.19. The van der Waals surface area contributed by atoms with Crippen LogP contribution in [0.25, 0.3) is 0 Å². The Kier molecular flexibility index (Phi) is 6.18. The summed E-state index contributed by atoms with van der Waals surface area (Å²) in [6.45, 7) is 3.56. The SMILES string of the molecule is CCOC(=O)C(C)NC(=O)c1cc(SC)ccc1Cl. The van der Waals surface area contributed by atoms with Crippen LogP contribution in [0, 0.1) is 0 Å². The standard InChI is InChI=1S/C13H16ClNO3S/c1-4-18-13(17)8(2)15-12(16)10-7-9(19-3)5-6-11(10)14/h5-8H,4H2,1-3H3,(H,15,16). The van der Waals surface area contributed by atoms with Crippen LogP contribution in [0.3, 0.4) is 0 Å². The fourth-order valence-corrected chi connectivity index (χ4v) is 2.05. The molecule has 0 heterocycles. The number of thioether (sulfide) groups is 1. The van der Waals surface area contributed by atoms with Crippen molar-refractivity contribution < 1.29 is 14.3 Å². The molecule has 0 saturated heterocycles. The molecule has 19 heavy (non-hydrogen) atoms. The Morgan fingerprint density at radius 2 is 2.16 bits per heavy atom. The molecule has 1 amide bonds. The van der Waals surface area contributed by atoms with E-state index in [-0.39, 0.29) is 12.5 Å². The zero-order valence-electron chi connectivity index (χ0n) is 11.0. The average Bonchev–Trinajstić information content (AvgIpc) is 2.39. The lowest BCUT2D eigenvalue weighted by atomic mass is 10.2. The van der Waals surface area contributed by atoms with Gasteiger partial charge < -0.3 is 10.1 Å². The summed E-state index contributed by atoms with van der Waals surface area (Å²) in [4.78, 5) is 24.4. The van der Waals surface area contributed by atoms with Crippen LogP contribution in [0.2, 0.25) is 5.02 Å². The van der Waals surface area contributed by atoms with E-state index < -0.39 is 12.0 Å². The van der Waals surface area contributed by atoms with Crippen LogP contribution >= 0.6 is 23.4 Å². The second-order valence-corrected chi connectivity index (χ2v) is 5.08. The van der Waals surface area contributed by atoms with E-state index in [1.54, 1.807) is 26.0 Å². The molecule has 0 spiro atoms. The predicted molar refractivity (Wildman–Crippen MR) is 76.8 cm³/mol. The number of carbonyl (C=O) groups excluding carboxylic acids is 2. The van der Waals surface area contributed by atoms with Crippen molar-refractivity contribution in [3.05, 3.63) is 28.8 Å². The maximum absolute atomic E-state index is 12.0. The van der Waals surface area contributed by atoms with E-state index in [0.29, 0.717) is 10.6 Å². The van der Waals surface area contributed by atoms with Gasteiger partial charge in [-0.3, -0.25) is 4.79 Å². The van der Waals surface area contributed by atoms with E-state index in [1.165, 1.54) is 11.8 Å². The summed E-state index contributed by atoms with van der Waals surface area (Å²) in [6, 6.07) is 4.48. The molecule has 0 saturated carbocycles. The number of benzene rings is 1. The molecule has 1 aromatic carbocycles. The van der Waals surface area contributed by atoms with Gasteiger partial charge in [0.25, 0.3) is 5.91 Å². The van der Waals surface area contributed by atoms with Crippen LogP contribution in [-0.4, -0.2) is 30.8 Å². The van der Waals surface area contributed by atoms with Crippen molar-refractivity contribution in [2.45, 2.75) is 24.8 Å². The van der Waals surface area contributed by atoms with E-state index in [9.17, 15) is 9.59 Å². The number of hydrogen-bond donors (Lipinski definition) is 1. The largest absolute Gasteiger partial charge is 0.464 e. The van der Waals surface area contributed by atoms with Gasteiger partial charge in [-0.05, 0) is 38.3 Å². The highest BCUT2D eigenvalue weighted by atomic mass is 35.5. The number of ether oxygens (including phenoxy) is 1.